The number of benzene rings is 2. The summed E-state index contributed by atoms with van der Waals surface area (Å²) in [5, 5.41) is 4.80. The van der Waals surface area contributed by atoms with Crippen molar-refractivity contribution < 1.29 is 4.42 Å². The predicted octanol–water partition coefficient (Wildman–Crippen LogP) is 5.31. The van der Waals surface area contributed by atoms with E-state index in [9.17, 15) is 0 Å². The van der Waals surface area contributed by atoms with Gasteiger partial charge in [0.1, 0.15) is 0 Å². The molecular formula is C29H28N6O. The topological polar surface area (TPSA) is 62.7 Å². The molecule has 0 atom stereocenters. The summed E-state index contributed by atoms with van der Waals surface area (Å²) in [6.45, 7) is 3.36. The number of rotatable bonds is 7. The van der Waals surface area contributed by atoms with Crippen LogP contribution in [0.5, 0.6) is 0 Å². The standard InChI is InChI=1S/C29H28N6O/c1-33(20-22-9-4-2-5-10-22)29-30-19-25(28-31-27(32-35(28)29)26-13-8-18-36-26)21-34-16-14-24(15-17-34)23-11-6-3-7-12-23/h2-14,18-19H,15-17,20-21H2,1H3. The number of hydrogen-bond acceptors (Lipinski definition) is 6. The highest BCUT2D eigenvalue weighted by molar-refractivity contribution is 5.66. The van der Waals surface area contributed by atoms with E-state index in [2.05, 4.69) is 70.5 Å². The van der Waals surface area contributed by atoms with Crippen LogP contribution in [0.3, 0.4) is 0 Å². The van der Waals surface area contributed by atoms with Crippen LogP contribution >= 0.6 is 0 Å². The minimum absolute atomic E-state index is 0.563. The third-order valence-electron chi connectivity index (χ3n) is 6.60. The molecule has 0 radical (unpaired) electrons. The summed E-state index contributed by atoms with van der Waals surface area (Å²) < 4.78 is 7.45. The van der Waals surface area contributed by atoms with Gasteiger partial charge in [-0.15, -0.1) is 5.10 Å². The van der Waals surface area contributed by atoms with Crippen LogP contribution in [0.4, 0.5) is 5.95 Å². The average molecular weight is 477 g/mol. The fourth-order valence-electron chi connectivity index (χ4n) is 4.73. The first-order valence-corrected chi connectivity index (χ1v) is 12.2. The van der Waals surface area contributed by atoms with E-state index in [1.165, 1.54) is 16.7 Å². The Bertz CT molecular complexity index is 1470. The molecule has 2 aromatic carbocycles. The van der Waals surface area contributed by atoms with Crippen molar-refractivity contribution in [1.82, 2.24) is 24.5 Å². The highest BCUT2D eigenvalue weighted by Gasteiger charge is 2.20. The van der Waals surface area contributed by atoms with Crippen LogP contribution in [0.25, 0.3) is 22.8 Å². The van der Waals surface area contributed by atoms with Gasteiger partial charge >= 0.3 is 0 Å². The van der Waals surface area contributed by atoms with Crippen molar-refractivity contribution >= 4 is 17.2 Å². The fraction of sp³-hybridized carbons (Fsp3) is 0.207. The maximum absolute atomic E-state index is 5.60. The van der Waals surface area contributed by atoms with Crippen molar-refractivity contribution in [2.75, 3.05) is 25.0 Å². The summed E-state index contributed by atoms with van der Waals surface area (Å²) >= 11 is 0. The molecule has 180 valence electrons. The lowest BCUT2D eigenvalue weighted by molar-refractivity contribution is 0.294. The third-order valence-corrected chi connectivity index (χ3v) is 6.60. The Hall–Kier alpha value is -4.23. The van der Waals surface area contributed by atoms with Gasteiger partial charge in [-0.05, 0) is 35.3 Å². The zero-order valence-corrected chi connectivity index (χ0v) is 20.3. The number of hydrogen-bond donors (Lipinski definition) is 0. The van der Waals surface area contributed by atoms with Gasteiger partial charge < -0.3 is 9.32 Å². The van der Waals surface area contributed by atoms with Gasteiger partial charge in [0.05, 0.1) is 6.26 Å². The van der Waals surface area contributed by atoms with Crippen LogP contribution in [-0.4, -0.2) is 44.6 Å². The zero-order chi connectivity index (χ0) is 24.3. The smallest absolute Gasteiger partial charge is 0.228 e. The first-order valence-electron chi connectivity index (χ1n) is 12.2. The number of anilines is 1. The predicted molar refractivity (Wildman–Crippen MR) is 141 cm³/mol. The normalized spacial score (nSPS) is 14.2. The van der Waals surface area contributed by atoms with Gasteiger partial charge in [0.2, 0.25) is 11.8 Å². The summed E-state index contributed by atoms with van der Waals surface area (Å²) in [5.74, 6) is 1.95. The van der Waals surface area contributed by atoms with E-state index in [4.69, 9.17) is 19.5 Å². The Kier molecular flexibility index (Phi) is 6.05. The lowest BCUT2D eigenvalue weighted by atomic mass is 9.99. The molecule has 0 bridgehead atoms. The van der Waals surface area contributed by atoms with Crippen LogP contribution in [0, 0.1) is 0 Å². The van der Waals surface area contributed by atoms with E-state index in [0.29, 0.717) is 11.6 Å². The van der Waals surface area contributed by atoms with Crippen molar-refractivity contribution in [3.63, 3.8) is 0 Å². The molecule has 0 fully saturated rings. The highest BCUT2D eigenvalue weighted by Crippen LogP contribution is 2.26. The van der Waals surface area contributed by atoms with Crippen LogP contribution < -0.4 is 4.90 Å². The van der Waals surface area contributed by atoms with Crippen LogP contribution in [0.1, 0.15) is 23.1 Å². The summed E-state index contributed by atoms with van der Waals surface area (Å²) in [7, 11) is 2.03. The van der Waals surface area contributed by atoms with E-state index in [0.717, 1.165) is 49.8 Å². The molecule has 4 heterocycles. The van der Waals surface area contributed by atoms with E-state index in [-0.39, 0.29) is 0 Å². The molecule has 0 saturated heterocycles. The molecule has 36 heavy (non-hydrogen) atoms. The Morgan fingerprint density at radius 1 is 0.972 bits per heavy atom. The maximum atomic E-state index is 5.60. The molecule has 0 unspecified atom stereocenters. The number of fused-ring (bicyclic) bond motifs is 1. The first-order chi connectivity index (χ1) is 17.7. The number of nitrogens with zero attached hydrogens (tertiary/aromatic N) is 6. The molecule has 0 amide bonds. The molecule has 1 aliphatic heterocycles. The Morgan fingerprint density at radius 2 is 1.78 bits per heavy atom. The van der Waals surface area contributed by atoms with Gasteiger partial charge in [0.25, 0.3) is 0 Å². The summed E-state index contributed by atoms with van der Waals surface area (Å²) in [4.78, 5) is 14.3. The van der Waals surface area contributed by atoms with Crippen molar-refractivity contribution in [3.05, 3.63) is 108 Å². The van der Waals surface area contributed by atoms with E-state index in [1.54, 1.807) is 6.26 Å². The van der Waals surface area contributed by atoms with Gasteiger partial charge in [0, 0.05) is 45.0 Å². The van der Waals surface area contributed by atoms with Gasteiger partial charge in [-0.2, -0.15) is 4.52 Å². The maximum Gasteiger partial charge on any atom is 0.228 e. The summed E-state index contributed by atoms with van der Waals surface area (Å²) in [6.07, 6.45) is 6.95. The second-order valence-electron chi connectivity index (χ2n) is 9.15. The molecule has 0 N–H and O–H groups in total. The van der Waals surface area contributed by atoms with Crippen molar-refractivity contribution in [3.8, 4) is 11.6 Å². The minimum atomic E-state index is 0.563. The van der Waals surface area contributed by atoms with Crippen LogP contribution in [0.15, 0.2) is 95.7 Å². The molecule has 0 aliphatic carbocycles. The molecule has 7 nitrogen and oxygen atoms in total. The molecule has 0 spiro atoms. The highest BCUT2D eigenvalue weighted by atomic mass is 16.3. The lowest BCUT2D eigenvalue weighted by Gasteiger charge is -2.27. The number of aromatic nitrogens is 4. The molecular weight excluding hydrogens is 448 g/mol. The SMILES string of the molecule is CN(Cc1ccccc1)c1ncc(CN2CC=C(c3ccccc3)CC2)c2nc(-c3ccco3)nn12. The summed E-state index contributed by atoms with van der Waals surface area (Å²) in [5.41, 5.74) is 5.79. The Labute approximate surface area is 210 Å². The molecule has 1 aliphatic rings. The monoisotopic (exact) mass is 476 g/mol. The van der Waals surface area contributed by atoms with Crippen molar-refractivity contribution in [1.29, 1.82) is 0 Å². The van der Waals surface area contributed by atoms with Crippen molar-refractivity contribution in [2.24, 2.45) is 0 Å². The largest absolute Gasteiger partial charge is 0.461 e. The van der Waals surface area contributed by atoms with Gasteiger partial charge in [-0.3, -0.25) is 4.90 Å². The summed E-state index contributed by atoms with van der Waals surface area (Å²) in [6, 6.07) is 24.7. The quantitative estimate of drug-likeness (QED) is 0.317. The molecule has 5 aromatic rings. The lowest BCUT2D eigenvalue weighted by Crippen LogP contribution is -2.29. The number of furan rings is 1. The van der Waals surface area contributed by atoms with Crippen LogP contribution in [0.2, 0.25) is 0 Å². The Balaban J connectivity index is 1.30. The van der Waals surface area contributed by atoms with Gasteiger partial charge in [-0.25, -0.2) is 9.97 Å². The van der Waals surface area contributed by atoms with E-state index >= 15 is 0 Å². The van der Waals surface area contributed by atoms with E-state index in [1.807, 2.05) is 36.0 Å². The second kappa shape index (κ2) is 9.79. The molecule has 7 heteroatoms. The first kappa shape index (κ1) is 22.2. The third kappa shape index (κ3) is 4.53. The molecule has 0 saturated carbocycles. The second-order valence-corrected chi connectivity index (χ2v) is 9.15. The fourth-order valence-corrected chi connectivity index (χ4v) is 4.73. The van der Waals surface area contributed by atoms with Gasteiger partial charge in [0.15, 0.2) is 11.4 Å². The van der Waals surface area contributed by atoms with E-state index < -0.39 is 0 Å². The average Bonchev–Trinajstić information content (AvgIpc) is 3.61. The Morgan fingerprint density at radius 3 is 2.50 bits per heavy atom. The van der Waals surface area contributed by atoms with Gasteiger partial charge in [-0.1, -0.05) is 66.7 Å². The molecule has 3 aromatic heterocycles. The van der Waals surface area contributed by atoms with Crippen LogP contribution in [-0.2, 0) is 13.1 Å². The molecule has 6 rings (SSSR count). The van der Waals surface area contributed by atoms with Crippen molar-refractivity contribution in [2.45, 2.75) is 19.5 Å². The minimum Gasteiger partial charge on any atom is -0.461 e. The zero-order valence-electron chi connectivity index (χ0n) is 20.3.